The van der Waals surface area contributed by atoms with Crippen molar-refractivity contribution in [1.82, 2.24) is 4.31 Å². The van der Waals surface area contributed by atoms with E-state index in [4.69, 9.17) is 0 Å². The lowest BCUT2D eigenvalue weighted by molar-refractivity contribution is 0.102. The lowest BCUT2D eigenvalue weighted by atomic mass is 10.1. The Morgan fingerprint density at radius 3 is 2.40 bits per heavy atom. The van der Waals surface area contributed by atoms with Gasteiger partial charge in [0, 0.05) is 28.8 Å². The molecule has 0 heterocycles. The van der Waals surface area contributed by atoms with Crippen LogP contribution in [0, 0.1) is 6.92 Å². The number of carbonyl (C=O) groups is 1. The van der Waals surface area contributed by atoms with Crippen molar-refractivity contribution in [3.63, 3.8) is 0 Å². The van der Waals surface area contributed by atoms with Gasteiger partial charge in [-0.1, -0.05) is 41.9 Å². The summed E-state index contributed by atoms with van der Waals surface area (Å²) < 4.78 is 27.8. The summed E-state index contributed by atoms with van der Waals surface area (Å²) in [5.74, 6) is -0.353. The Balaban J connectivity index is 2.37. The number of anilines is 1. The minimum Gasteiger partial charge on any atom is -0.322 e. The molecule has 7 heteroatoms. The summed E-state index contributed by atoms with van der Waals surface area (Å²) in [6, 6.07) is 11.9. The number of halogens is 1. The number of carbonyl (C=O) groups excluding carboxylic acids is 1. The van der Waals surface area contributed by atoms with Crippen molar-refractivity contribution in [2.45, 2.75) is 25.7 Å². The molecule has 2 aromatic carbocycles. The van der Waals surface area contributed by atoms with Gasteiger partial charge in [0.15, 0.2) is 0 Å². The van der Waals surface area contributed by atoms with E-state index >= 15 is 0 Å². The maximum atomic E-state index is 12.8. The van der Waals surface area contributed by atoms with E-state index in [0.29, 0.717) is 29.9 Å². The zero-order chi connectivity index (χ0) is 18.6. The largest absolute Gasteiger partial charge is 0.322 e. The second-order valence-electron chi connectivity index (χ2n) is 5.53. The number of rotatable bonds is 6. The van der Waals surface area contributed by atoms with Crippen LogP contribution in [0.5, 0.6) is 0 Å². The molecule has 0 aliphatic heterocycles. The smallest absolute Gasteiger partial charge is 0.255 e. The van der Waals surface area contributed by atoms with Crippen LogP contribution in [0.2, 0.25) is 0 Å². The van der Waals surface area contributed by atoms with E-state index in [2.05, 4.69) is 21.2 Å². The van der Waals surface area contributed by atoms with Gasteiger partial charge in [-0.3, -0.25) is 4.79 Å². The van der Waals surface area contributed by atoms with Gasteiger partial charge in [0.2, 0.25) is 10.0 Å². The Hall–Kier alpha value is -1.70. The van der Waals surface area contributed by atoms with E-state index in [1.165, 1.54) is 10.4 Å². The molecule has 2 aromatic rings. The molecule has 0 bridgehead atoms. The molecule has 0 saturated carbocycles. The highest BCUT2D eigenvalue weighted by atomic mass is 79.9. The maximum absolute atomic E-state index is 12.8. The van der Waals surface area contributed by atoms with Gasteiger partial charge in [-0.2, -0.15) is 4.31 Å². The molecule has 0 atom stereocenters. The quantitative estimate of drug-likeness (QED) is 0.760. The fourth-order valence-electron chi connectivity index (χ4n) is 2.49. The summed E-state index contributed by atoms with van der Waals surface area (Å²) in [4.78, 5) is 12.7. The zero-order valence-corrected chi connectivity index (χ0v) is 16.8. The molecule has 0 aromatic heterocycles. The highest BCUT2D eigenvalue weighted by molar-refractivity contribution is 9.10. The van der Waals surface area contributed by atoms with Gasteiger partial charge in [-0.05, 0) is 42.8 Å². The van der Waals surface area contributed by atoms with Gasteiger partial charge in [-0.15, -0.1) is 0 Å². The molecule has 0 aliphatic rings. The molecule has 0 unspecified atom stereocenters. The van der Waals surface area contributed by atoms with E-state index in [9.17, 15) is 13.2 Å². The Kier molecular flexibility index (Phi) is 6.37. The van der Waals surface area contributed by atoms with Crippen molar-refractivity contribution < 1.29 is 13.2 Å². The summed E-state index contributed by atoms with van der Waals surface area (Å²) in [6.07, 6.45) is 0. The summed E-state index contributed by atoms with van der Waals surface area (Å²) in [7, 11) is -3.62. The van der Waals surface area contributed by atoms with Gasteiger partial charge < -0.3 is 5.32 Å². The topological polar surface area (TPSA) is 66.5 Å². The average molecular weight is 425 g/mol. The molecule has 1 amide bonds. The Labute approximate surface area is 157 Å². The number of benzene rings is 2. The monoisotopic (exact) mass is 424 g/mol. The number of hydrogen-bond donors (Lipinski definition) is 1. The number of aryl methyl sites for hydroxylation is 1. The van der Waals surface area contributed by atoms with Gasteiger partial charge in [-0.25, -0.2) is 8.42 Å². The Bertz CT molecular complexity index is 878. The van der Waals surface area contributed by atoms with Crippen molar-refractivity contribution in [3.05, 3.63) is 58.1 Å². The molecule has 134 valence electrons. The Morgan fingerprint density at radius 2 is 1.80 bits per heavy atom. The van der Waals surface area contributed by atoms with Gasteiger partial charge in [0.05, 0.1) is 4.90 Å². The molecular formula is C18H21BrN2O3S. The average Bonchev–Trinajstić information content (AvgIpc) is 2.55. The first-order chi connectivity index (χ1) is 11.8. The standard InChI is InChI=1S/C18H21BrN2O3S/c1-4-21(5-2)25(23,24)17-11-14(10-9-13(17)3)18(22)20-16-8-6-7-15(19)12-16/h6-12H,4-5H2,1-3H3,(H,20,22). The molecule has 5 nitrogen and oxygen atoms in total. The third-order valence-electron chi connectivity index (χ3n) is 3.86. The van der Waals surface area contributed by atoms with E-state index in [1.807, 2.05) is 12.1 Å². The number of hydrogen-bond acceptors (Lipinski definition) is 3. The van der Waals surface area contributed by atoms with Crippen LogP contribution < -0.4 is 5.32 Å². The van der Waals surface area contributed by atoms with Crippen LogP contribution in [0.15, 0.2) is 51.8 Å². The summed E-state index contributed by atoms with van der Waals surface area (Å²) in [6.45, 7) is 6.08. The van der Waals surface area contributed by atoms with Crippen LogP contribution >= 0.6 is 15.9 Å². The van der Waals surface area contributed by atoms with Crippen LogP contribution in [0.4, 0.5) is 5.69 Å². The normalized spacial score (nSPS) is 11.6. The van der Waals surface area contributed by atoms with Crippen LogP contribution in [0.3, 0.4) is 0 Å². The number of amides is 1. The minimum absolute atomic E-state index is 0.165. The minimum atomic E-state index is -3.62. The number of nitrogens with one attached hydrogen (secondary N) is 1. The first-order valence-electron chi connectivity index (χ1n) is 7.97. The molecule has 0 radical (unpaired) electrons. The van der Waals surface area contributed by atoms with Crippen molar-refractivity contribution in [3.8, 4) is 0 Å². The summed E-state index contributed by atoms with van der Waals surface area (Å²) in [5, 5.41) is 2.78. The molecule has 0 aliphatic carbocycles. The molecule has 1 N–H and O–H groups in total. The van der Waals surface area contributed by atoms with E-state index in [-0.39, 0.29) is 10.8 Å². The SMILES string of the molecule is CCN(CC)S(=O)(=O)c1cc(C(=O)Nc2cccc(Br)c2)ccc1C. The second kappa shape index (κ2) is 8.12. The maximum Gasteiger partial charge on any atom is 0.255 e. The van der Waals surface area contributed by atoms with Crippen LogP contribution in [-0.2, 0) is 10.0 Å². The summed E-state index contributed by atoms with van der Waals surface area (Å²) >= 11 is 3.35. The first kappa shape index (κ1) is 19.6. The predicted octanol–water partition coefficient (Wildman–Crippen LogP) is 4.04. The lowest BCUT2D eigenvalue weighted by Crippen LogP contribution is -2.31. The van der Waals surface area contributed by atoms with Crippen LogP contribution in [-0.4, -0.2) is 31.7 Å². The van der Waals surface area contributed by atoms with E-state index in [1.54, 1.807) is 45.0 Å². The zero-order valence-electron chi connectivity index (χ0n) is 14.4. The highest BCUT2D eigenvalue weighted by Gasteiger charge is 2.24. The summed E-state index contributed by atoms with van der Waals surface area (Å²) in [5.41, 5.74) is 1.55. The molecule has 2 rings (SSSR count). The molecular weight excluding hydrogens is 404 g/mol. The molecule has 25 heavy (non-hydrogen) atoms. The van der Waals surface area contributed by atoms with Crippen LogP contribution in [0.1, 0.15) is 29.8 Å². The van der Waals surface area contributed by atoms with E-state index in [0.717, 1.165) is 4.47 Å². The van der Waals surface area contributed by atoms with E-state index < -0.39 is 10.0 Å². The highest BCUT2D eigenvalue weighted by Crippen LogP contribution is 2.22. The number of nitrogens with zero attached hydrogens (tertiary/aromatic N) is 1. The third kappa shape index (κ3) is 4.48. The van der Waals surface area contributed by atoms with Crippen molar-refractivity contribution in [1.29, 1.82) is 0 Å². The lowest BCUT2D eigenvalue weighted by Gasteiger charge is -2.20. The second-order valence-corrected chi connectivity index (χ2v) is 8.36. The number of sulfonamides is 1. The fourth-order valence-corrected chi connectivity index (χ4v) is 4.60. The fraction of sp³-hybridized carbons (Fsp3) is 0.278. The first-order valence-corrected chi connectivity index (χ1v) is 10.2. The van der Waals surface area contributed by atoms with Gasteiger partial charge >= 0.3 is 0 Å². The molecule has 0 spiro atoms. The van der Waals surface area contributed by atoms with Crippen molar-refractivity contribution >= 4 is 37.5 Å². The molecule has 0 saturated heterocycles. The van der Waals surface area contributed by atoms with Crippen molar-refractivity contribution in [2.24, 2.45) is 0 Å². The van der Waals surface area contributed by atoms with Gasteiger partial charge in [0.25, 0.3) is 5.91 Å². The van der Waals surface area contributed by atoms with Crippen LogP contribution in [0.25, 0.3) is 0 Å². The predicted molar refractivity (Wildman–Crippen MR) is 103 cm³/mol. The Morgan fingerprint density at radius 1 is 1.12 bits per heavy atom. The van der Waals surface area contributed by atoms with Crippen molar-refractivity contribution in [2.75, 3.05) is 18.4 Å². The third-order valence-corrected chi connectivity index (χ3v) is 6.54. The van der Waals surface area contributed by atoms with Gasteiger partial charge in [0.1, 0.15) is 0 Å². The molecule has 0 fully saturated rings.